The highest BCUT2D eigenvalue weighted by Crippen LogP contribution is 2.40. The molecule has 0 aliphatic carbocycles. The Hall–Kier alpha value is -1.58. The third-order valence-electron chi connectivity index (χ3n) is 7.60. The van der Waals surface area contributed by atoms with Crippen molar-refractivity contribution in [1.82, 2.24) is 9.80 Å². The van der Waals surface area contributed by atoms with Crippen molar-refractivity contribution in [3.05, 3.63) is 0 Å². The predicted molar refractivity (Wildman–Crippen MR) is 136 cm³/mol. The maximum absolute atomic E-state index is 11.9. The predicted octanol–water partition coefficient (Wildman–Crippen LogP) is 4.94. The Bertz CT molecular complexity index is 703. The number of carbonyl (C=O) groups is 2. The SMILES string of the molecule is CCC(=O)OC1CC(C)(C)N(CC#CCN2C(C)(C)CC(OC(=O)CC)CC2(C)C)C(C)(C)C1. The van der Waals surface area contributed by atoms with Crippen LogP contribution >= 0.6 is 0 Å². The number of hydrogen-bond acceptors (Lipinski definition) is 6. The van der Waals surface area contributed by atoms with Gasteiger partial charge >= 0.3 is 11.9 Å². The first-order valence-electron chi connectivity index (χ1n) is 12.9. The lowest BCUT2D eigenvalue weighted by Crippen LogP contribution is -2.62. The normalized spacial score (nSPS) is 24.6. The summed E-state index contributed by atoms with van der Waals surface area (Å²) in [5.41, 5.74) is -0.464. The van der Waals surface area contributed by atoms with E-state index in [1.165, 1.54) is 0 Å². The Morgan fingerprint density at radius 3 is 1.15 bits per heavy atom. The zero-order chi connectivity index (χ0) is 25.9. The van der Waals surface area contributed by atoms with Crippen molar-refractivity contribution in [3.8, 4) is 11.8 Å². The molecular weight excluding hydrogens is 428 g/mol. The van der Waals surface area contributed by atoms with E-state index in [4.69, 9.17) is 9.47 Å². The number of piperidine rings is 2. The molecule has 6 nitrogen and oxygen atoms in total. The van der Waals surface area contributed by atoms with E-state index < -0.39 is 0 Å². The summed E-state index contributed by atoms with van der Waals surface area (Å²) in [6.45, 7) is 22.8. The van der Waals surface area contributed by atoms with Crippen LogP contribution in [0.4, 0.5) is 0 Å². The van der Waals surface area contributed by atoms with Gasteiger partial charge in [0.1, 0.15) is 12.2 Å². The van der Waals surface area contributed by atoms with Gasteiger partial charge in [0.15, 0.2) is 0 Å². The van der Waals surface area contributed by atoms with E-state index in [1.807, 2.05) is 13.8 Å². The number of likely N-dealkylation sites (tertiary alicyclic amines) is 2. The average molecular weight is 477 g/mol. The van der Waals surface area contributed by atoms with Crippen molar-refractivity contribution in [2.24, 2.45) is 0 Å². The molecule has 2 aliphatic rings. The lowest BCUT2D eigenvalue weighted by Gasteiger charge is -2.54. The molecule has 0 bridgehead atoms. The minimum Gasteiger partial charge on any atom is -0.462 e. The standard InChI is InChI=1S/C28H48N2O4/c1-11-23(31)33-21-17-25(3,4)29(26(5,6)18-21)15-13-14-16-30-27(7,8)19-22(20-28(30,9)10)34-24(32)12-2/h21-22H,11-12,15-20H2,1-10H3. The molecule has 0 aromatic heterocycles. The summed E-state index contributed by atoms with van der Waals surface area (Å²) < 4.78 is 11.4. The highest BCUT2D eigenvalue weighted by molar-refractivity contribution is 5.69. The first-order valence-corrected chi connectivity index (χ1v) is 12.9. The summed E-state index contributed by atoms with van der Waals surface area (Å²) in [6, 6.07) is 0. The zero-order valence-corrected chi connectivity index (χ0v) is 23.3. The molecule has 2 saturated heterocycles. The van der Waals surface area contributed by atoms with Crippen molar-refractivity contribution in [2.45, 2.75) is 142 Å². The summed E-state index contributed by atoms with van der Waals surface area (Å²) in [6.07, 6.45) is 3.98. The van der Waals surface area contributed by atoms with Gasteiger partial charge in [0.25, 0.3) is 0 Å². The summed E-state index contributed by atoms with van der Waals surface area (Å²) in [5, 5.41) is 0. The Labute approximate surface area is 208 Å². The number of ether oxygens (including phenoxy) is 2. The van der Waals surface area contributed by atoms with Crippen molar-refractivity contribution < 1.29 is 19.1 Å². The van der Waals surface area contributed by atoms with Crippen molar-refractivity contribution in [2.75, 3.05) is 13.1 Å². The summed E-state index contributed by atoms with van der Waals surface area (Å²) in [4.78, 5) is 28.6. The summed E-state index contributed by atoms with van der Waals surface area (Å²) in [7, 11) is 0. The molecule has 2 rings (SSSR count). The van der Waals surface area contributed by atoms with Gasteiger partial charge in [0.2, 0.25) is 0 Å². The number of carbonyl (C=O) groups excluding carboxylic acids is 2. The molecule has 0 amide bonds. The second-order valence-electron chi connectivity index (χ2n) is 12.5. The topological polar surface area (TPSA) is 59.1 Å². The minimum atomic E-state index is -0.122. The van der Waals surface area contributed by atoms with Gasteiger partial charge in [-0.15, -0.1) is 0 Å². The molecule has 2 fully saturated rings. The van der Waals surface area contributed by atoms with Gasteiger partial charge in [0.05, 0.1) is 13.1 Å². The minimum absolute atomic E-state index is 0.0497. The van der Waals surface area contributed by atoms with E-state index >= 15 is 0 Å². The van der Waals surface area contributed by atoms with Gasteiger partial charge in [0, 0.05) is 60.7 Å². The quantitative estimate of drug-likeness (QED) is 0.400. The van der Waals surface area contributed by atoms with Crippen LogP contribution in [0.2, 0.25) is 0 Å². The largest absolute Gasteiger partial charge is 0.462 e. The van der Waals surface area contributed by atoms with Crippen LogP contribution in [0.5, 0.6) is 0 Å². The highest BCUT2D eigenvalue weighted by atomic mass is 16.5. The van der Waals surface area contributed by atoms with Gasteiger partial charge in [-0.05, 0) is 55.4 Å². The molecule has 194 valence electrons. The second-order valence-corrected chi connectivity index (χ2v) is 12.5. The zero-order valence-electron chi connectivity index (χ0n) is 23.3. The Kier molecular flexibility index (Phi) is 8.92. The molecule has 2 heterocycles. The Balaban J connectivity index is 2.06. The van der Waals surface area contributed by atoms with Crippen LogP contribution < -0.4 is 0 Å². The van der Waals surface area contributed by atoms with Crippen LogP contribution in [0, 0.1) is 11.8 Å². The van der Waals surface area contributed by atoms with Gasteiger partial charge in [-0.3, -0.25) is 19.4 Å². The molecule has 0 N–H and O–H groups in total. The lowest BCUT2D eigenvalue weighted by molar-refractivity contribution is -0.160. The van der Waals surface area contributed by atoms with Gasteiger partial charge in [-0.2, -0.15) is 0 Å². The molecule has 34 heavy (non-hydrogen) atoms. The first-order chi connectivity index (χ1) is 15.5. The van der Waals surface area contributed by atoms with Crippen molar-refractivity contribution in [3.63, 3.8) is 0 Å². The van der Waals surface area contributed by atoms with Crippen LogP contribution in [0.15, 0.2) is 0 Å². The molecule has 2 aliphatic heterocycles. The van der Waals surface area contributed by atoms with Crippen LogP contribution in [0.25, 0.3) is 0 Å². The smallest absolute Gasteiger partial charge is 0.305 e. The Morgan fingerprint density at radius 1 is 0.647 bits per heavy atom. The third-order valence-corrected chi connectivity index (χ3v) is 7.60. The van der Waals surface area contributed by atoms with Crippen LogP contribution in [0.3, 0.4) is 0 Å². The van der Waals surface area contributed by atoms with Crippen LogP contribution in [0.1, 0.15) is 108 Å². The van der Waals surface area contributed by atoms with Crippen LogP contribution in [-0.4, -0.2) is 69.2 Å². The fourth-order valence-electron chi connectivity index (χ4n) is 6.28. The summed E-state index contributed by atoms with van der Waals surface area (Å²) >= 11 is 0. The number of rotatable bonds is 6. The first kappa shape index (κ1) is 28.7. The monoisotopic (exact) mass is 476 g/mol. The van der Waals surface area contributed by atoms with E-state index in [-0.39, 0.29) is 46.3 Å². The van der Waals surface area contributed by atoms with E-state index in [2.05, 4.69) is 77.0 Å². The lowest BCUT2D eigenvalue weighted by atomic mass is 9.78. The van der Waals surface area contributed by atoms with Crippen LogP contribution in [-0.2, 0) is 19.1 Å². The Morgan fingerprint density at radius 2 is 0.912 bits per heavy atom. The number of hydrogen-bond donors (Lipinski definition) is 0. The molecule has 0 aromatic rings. The number of nitrogens with zero attached hydrogens (tertiary/aromatic N) is 2. The molecule has 0 atom stereocenters. The molecule has 0 saturated carbocycles. The van der Waals surface area contributed by atoms with E-state index in [9.17, 15) is 9.59 Å². The maximum atomic E-state index is 11.9. The highest BCUT2D eigenvalue weighted by Gasteiger charge is 2.47. The van der Waals surface area contributed by atoms with E-state index in [0.717, 1.165) is 25.7 Å². The average Bonchev–Trinajstić information content (AvgIpc) is 2.66. The molecule has 0 spiro atoms. The number of esters is 2. The molecule has 0 aromatic carbocycles. The van der Waals surface area contributed by atoms with Gasteiger partial charge < -0.3 is 9.47 Å². The van der Waals surface area contributed by atoms with Crippen molar-refractivity contribution >= 4 is 11.9 Å². The maximum Gasteiger partial charge on any atom is 0.305 e. The molecular formula is C28H48N2O4. The van der Waals surface area contributed by atoms with Crippen molar-refractivity contribution in [1.29, 1.82) is 0 Å². The van der Waals surface area contributed by atoms with E-state index in [0.29, 0.717) is 25.9 Å². The molecule has 6 heteroatoms. The fraction of sp³-hybridized carbons (Fsp3) is 0.857. The van der Waals surface area contributed by atoms with E-state index in [1.54, 1.807) is 0 Å². The summed E-state index contributed by atoms with van der Waals surface area (Å²) in [5.74, 6) is 6.66. The van der Waals surface area contributed by atoms with Gasteiger partial charge in [-0.25, -0.2) is 0 Å². The second kappa shape index (κ2) is 10.6. The fourth-order valence-corrected chi connectivity index (χ4v) is 6.28. The van der Waals surface area contributed by atoms with Gasteiger partial charge in [-0.1, -0.05) is 25.7 Å². The molecule has 0 unspecified atom stereocenters. The third kappa shape index (κ3) is 6.98. The molecule has 0 radical (unpaired) electrons.